The molecule has 0 spiro atoms. The van der Waals surface area contributed by atoms with Gasteiger partial charge in [0.25, 0.3) is 0 Å². The number of aliphatic imine (C=N–C) groups is 1. The standard InChI is InChI=1S/C18H30N4S/c1-3-19-18(20-11-14-23-2)21-15-17(22-12-7-8-13-22)16-9-5-4-6-10-16/h4-6,9-10,17H,3,7-8,11-15H2,1-2H3,(H2,19,20,21). The SMILES string of the molecule is CCNC(=NCC(c1ccccc1)N1CCCC1)NCCSC. The third-order valence-corrected chi connectivity index (χ3v) is 4.74. The summed E-state index contributed by atoms with van der Waals surface area (Å²) in [6.07, 6.45) is 4.74. The van der Waals surface area contributed by atoms with Crippen LogP contribution in [0.25, 0.3) is 0 Å². The number of hydrogen-bond donors (Lipinski definition) is 2. The first-order valence-electron chi connectivity index (χ1n) is 8.65. The van der Waals surface area contributed by atoms with E-state index in [0.717, 1.165) is 31.3 Å². The summed E-state index contributed by atoms with van der Waals surface area (Å²) in [4.78, 5) is 7.42. The molecule has 23 heavy (non-hydrogen) atoms. The van der Waals surface area contributed by atoms with Crippen LogP contribution in [0.4, 0.5) is 0 Å². The second-order valence-corrected chi connectivity index (χ2v) is 6.79. The molecule has 1 saturated heterocycles. The smallest absolute Gasteiger partial charge is 0.191 e. The van der Waals surface area contributed by atoms with Crippen LogP contribution in [0.2, 0.25) is 0 Å². The lowest BCUT2D eigenvalue weighted by molar-refractivity contribution is 0.251. The molecule has 0 aliphatic carbocycles. The van der Waals surface area contributed by atoms with Gasteiger partial charge < -0.3 is 10.6 Å². The highest BCUT2D eigenvalue weighted by atomic mass is 32.2. The molecular weight excluding hydrogens is 304 g/mol. The van der Waals surface area contributed by atoms with Gasteiger partial charge in [0.05, 0.1) is 12.6 Å². The van der Waals surface area contributed by atoms with E-state index in [1.807, 2.05) is 11.8 Å². The van der Waals surface area contributed by atoms with Gasteiger partial charge in [0.2, 0.25) is 0 Å². The Morgan fingerprint density at radius 1 is 1.22 bits per heavy atom. The summed E-state index contributed by atoms with van der Waals surface area (Å²) in [5.74, 6) is 2.03. The van der Waals surface area contributed by atoms with E-state index in [4.69, 9.17) is 4.99 Å². The fraction of sp³-hybridized carbons (Fsp3) is 0.611. The van der Waals surface area contributed by atoms with Gasteiger partial charge in [-0.05, 0) is 44.7 Å². The quantitative estimate of drug-likeness (QED) is 0.436. The molecule has 4 nitrogen and oxygen atoms in total. The average Bonchev–Trinajstić information content (AvgIpc) is 3.10. The van der Waals surface area contributed by atoms with Crippen LogP contribution in [0.5, 0.6) is 0 Å². The first-order valence-corrected chi connectivity index (χ1v) is 10.0. The van der Waals surface area contributed by atoms with Gasteiger partial charge in [-0.15, -0.1) is 0 Å². The van der Waals surface area contributed by atoms with Crippen LogP contribution in [-0.2, 0) is 0 Å². The summed E-state index contributed by atoms with van der Waals surface area (Å²) in [7, 11) is 0. The Morgan fingerprint density at radius 3 is 2.61 bits per heavy atom. The summed E-state index contributed by atoms with van der Waals surface area (Å²) in [6, 6.07) is 11.2. The predicted molar refractivity (Wildman–Crippen MR) is 102 cm³/mol. The molecule has 5 heteroatoms. The monoisotopic (exact) mass is 334 g/mol. The third kappa shape index (κ3) is 6.07. The Labute approximate surface area is 145 Å². The maximum absolute atomic E-state index is 4.85. The number of likely N-dealkylation sites (tertiary alicyclic amines) is 1. The van der Waals surface area contributed by atoms with Gasteiger partial charge in [-0.1, -0.05) is 30.3 Å². The van der Waals surface area contributed by atoms with Crippen molar-refractivity contribution in [2.75, 3.05) is 44.7 Å². The zero-order valence-electron chi connectivity index (χ0n) is 14.4. The van der Waals surface area contributed by atoms with E-state index in [1.54, 1.807) is 0 Å². The van der Waals surface area contributed by atoms with E-state index in [-0.39, 0.29) is 0 Å². The number of nitrogens with zero attached hydrogens (tertiary/aromatic N) is 2. The van der Waals surface area contributed by atoms with Gasteiger partial charge in [0, 0.05) is 18.8 Å². The Hall–Kier alpha value is -1.20. The van der Waals surface area contributed by atoms with Gasteiger partial charge in [-0.2, -0.15) is 11.8 Å². The largest absolute Gasteiger partial charge is 0.357 e. The molecule has 128 valence electrons. The summed E-state index contributed by atoms with van der Waals surface area (Å²) >= 11 is 1.85. The normalized spacial score (nSPS) is 17.2. The molecule has 1 atom stereocenters. The van der Waals surface area contributed by atoms with E-state index >= 15 is 0 Å². The molecular formula is C18H30N4S. The molecule has 0 saturated carbocycles. The van der Waals surface area contributed by atoms with Crippen LogP contribution >= 0.6 is 11.8 Å². The summed E-state index contributed by atoms with van der Waals surface area (Å²) in [5.41, 5.74) is 1.37. The molecule has 1 heterocycles. The average molecular weight is 335 g/mol. The van der Waals surface area contributed by atoms with Gasteiger partial charge >= 0.3 is 0 Å². The van der Waals surface area contributed by atoms with E-state index in [9.17, 15) is 0 Å². The van der Waals surface area contributed by atoms with Crippen molar-refractivity contribution in [3.63, 3.8) is 0 Å². The van der Waals surface area contributed by atoms with Gasteiger partial charge in [-0.3, -0.25) is 9.89 Å². The second kappa shape index (κ2) is 10.6. The second-order valence-electron chi connectivity index (χ2n) is 5.81. The zero-order valence-corrected chi connectivity index (χ0v) is 15.2. The highest BCUT2D eigenvalue weighted by Crippen LogP contribution is 2.25. The van der Waals surface area contributed by atoms with Crippen molar-refractivity contribution in [1.29, 1.82) is 0 Å². The van der Waals surface area contributed by atoms with Crippen LogP contribution in [0.3, 0.4) is 0 Å². The van der Waals surface area contributed by atoms with Crippen LogP contribution in [0.1, 0.15) is 31.4 Å². The molecule has 0 radical (unpaired) electrons. The lowest BCUT2D eigenvalue weighted by atomic mass is 10.1. The van der Waals surface area contributed by atoms with E-state index in [1.165, 1.54) is 31.5 Å². The molecule has 1 aromatic carbocycles. The predicted octanol–water partition coefficient (Wildman–Crippen LogP) is 2.74. The minimum absolute atomic E-state index is 0.384. The minimum Gasteiger partial charge on any atom is -0.357 e. The highest BCUT2D eigenvalue weighted by molar-refractivity contribution is 7.98. The van der Waals surface area contributed by atoms with E-state index in [2.05, 4.69) is 59.0 Å². The molecule has 2 N–H and O–H groups in total. The fourth-order valence-electron chi connectivity index (χ4n) is 2.95. The van der Waals surface area contributed by atoms with E-state index in [0.29, 0.717) is 6.04 Å². The van der Waals surface area contributed by atoms with Crippen molar-refractivity contribution >= 4 is 17.7 Å². The van der Waals surface area contributed by atoms with Crippen LogP contribution < -0.4 is 10.6 Å². The third-order valence-electron chi connectivity index (χ3n) is 4.13. The molecule has 1 aliphatic heterocycles. The number of thioether (sulfide) groups is 1. The number of nitrogens with one attached hydrogen (secondary N) is 2. The summed E-state index contributed by atoms with van der Waals surface area (Å²) in [6.45, 7) is 7.13. The van der Waals surface area contributed by atoms with E-state index < -0.39 is 0 Å². The minimum atomic E-state index is 0.384. The Kier molecular flexibility index (Phi) is 8.32. The number of rotatable bonds is 8. The Bertz CT molecular complexity index is 457. The lowest BCUT2D eigenvalue weighted by Gasteiger charge is -2.27. The number of hydrogen-bond acceptors (Lipinski definition) is 3. The summed E-state index contributed by atoms with van der Waals surface area (Å²) < 4.78 is 0. The molecule has 1 unspecified atom stereocenters. The van der Waals surface area contributed by atoms with Crippen molar-refractivity contribution in [2.45, 2.75) is 25.8 Å². The van der Waals surface area contributed by atoms with Gasteiger partial charge in [-0.25, -0.2) is 0 Å². The molecule has 1 aliphatic rings. The topological polar surface area (TPSA) is 39.7 Å². The number of benzene rings is 1. The van der Waals surface area contributed by atoms with Crippen molar-refractivity contribution < 1.29 is 0 Å². The number of guanidine groups is 1. The van der Waals surface area contributed by atoms with Crippen LogP contribution in [0.15, 0.2) is 35.3 Å². The molecule has 0 aromatic heterocycles. The van der Waals surface area contributed by atoms with Crippen LogP contribution in [-0.4, -0.2) is 55.6 Å². The zero-order chi connectivity index (χ0) is 16.3. The molecule has 0 amide bonds. The van der Waals surface area contributed by atoms with Gasteiger partial charge in [0.15, 0.2) is 5.96 Å². The van der Waals surface area contributed by atoms with Crippen molar-refractivity contribution in [2.24, 2.45) is 4.99 Å². The molecule has 0 bridgehead atoms. The van der Waals surface area contributed by atoms with Crippen molar-refractivity contribution in [1.82, 2.24) is 15.5 Å². The maximum atomic E-state index is 4.85. The van der Waals surface area contributed by atoms with Crippen LogP contribution in [0, 0.1) is 0 Å². The summed E-state index contributed by atoms with van der Waals surface area (Å²) in [5, 5.41) is 6.77. The van der Waals surface area contributed by atoms with Gasteiger partial charge in [0.1, 0.15) is 0 Å². The van der Waals surface area contributed by atoms with Crippen molar-refractivity contribution in [3.05, 3.63) is 35.9 Å². The first kappa shape index (κ1) is 18.1. The Balaban J connectivity index is 2.04. The lowest BCUT2D eigenvalue weighted by Crippen LogP contribution is -2.39. The van der Waals surface area contributed by atoms with Crippen molar-refractivity contribution in [3.8, 4) is 0 Å². The Morgan fingerprint density at radius 2 is 1.96 bits per heavy atom. The molecule has 2 rings (SSSR count). The fourth-order valence-corrected chi connectivity index (χ4v) is 3.26. The maximum Gasteiger partial charge on any atom is 0.191 e. The first-order chi connectivity index (χ1) is 11.3. The highest BCUT2D eigenvalue weighted by Gasteiger charge is 2.23. The molecule has 1 fully saturated rings. The molecule has 1 aromatic rings.